The Balaban J connectivity index is 1.74. The third kappa shape index (κ3) is 3.86. The van der Waals surface area contributed by atoms with Crippen LogP contribution in [0.1, 0.15) is 23.1 Å². The maximum atomic E-state index is 12.6. The molecule has 0 saturated heterocycles. The molecule has 134 valence electrons. The smallest absolute Gasteiger partial charge is 0.240 e. The maximum Gasteiger partial charge on any atom is 0.240 e. The van der Waals surface area contributed by atoms with Crippen molar-refractivity contribution < 1.29 is 18.3 Å². The fourth-order valence-corrected chi connectivity index (χ4v) is 4.64. The zero-order chi connectivity index (χ0) is 18.1. The molecule has 0 aromatic heterocycles. The van der Waals surface area contributed by atoms with Crippen molar-refractivity contribution in [1.82, 2.24) is 4.72 Å². The molecule has 2 aromatic carbocycles. The lowest BCUT2D eigenvalue weighted by molar-refractivity contribution is 0.0317. The first-order valence-electron chi connectivity index (χ1n) is 8.26. The van der Waals surface area contributed by atoms with Crippen molar-refractivity contribution in [2.45, 2.75) is 36.7 Å². The van der Waals surface area contributed by atoms with E-state index in [-0.39, 0.29) is 11.4 Å². The second kappa shape index (κ2) is 6.78. The molecule has 25 heavy (non-hydrogen) atoms. The molecule has 3 rings (SSSR count). The second-order valence-corrected chi connectivity index (χ2v) is 8.36. The highest BCUT2D eigenvalue weighted by Gasteiger charge is 2.33. The van der Waals surface area contributed by atoms with Crippen LogP contribution in [0.3, 0.4) is 0 Å². The maximum absolute atomic E-state index is 12.6. The molecule has 1 aliphatic rings. The number of ether oxygens (including phenoxy) is 1. The van der Waals surface area contributed by atoms with Gasteiger partial charge in [0.1, 0.15) is 5.75 Å². The van der Waals surface area contributed by atoms with Gasteiger partial charge in [0.25, 0.3) is 0 Å². The summed E-state index contributed by atoms with van der Waals surface area (Å²) in [6.45, 7) is 1.72. The number of methoxy groups -OCH3 is 1. The van der Waals surface area contributed by atoms with E-state index < -0.39 is 15.6 Å². The van der Waals surface area contributed by atoms with Gasteiger partial charge in [-0.25, -0.2) is 13.1 Å². The number of fused-ring (bicyclic) bond motifs is 1. The minimum absolute atomic E-state index is 0.00482. The number of aryl methyl sites for hydroxylation is 2. The summed E-state index contributed by atoms with van der Waals surface area (Å²) in [6, 6.07) is 12.8. The van der Waals surface area contributed by atoms with Gasteiger partial charge in [-0.2, -0.15) is 0 Å². The highest BCUT2D eigenvalue weighted by molar-refractivity contribution is 7.89. The van der Waals surface area contributed by atoms with E-state index in [1.807, 2.05) is 18.2 Å². The number of rotatable bonds is 5. The Kier molecular flexibility index (Phi) is 4.86. The third-order valence-corrected chi connectivity index (χ3v) is 6.32. The van der Waals surface area contributed by atoms with Gasteiger partial charge in [-0.05, 0) is 54.7 Å². The lowest BCUT2D eigenvalue weighted by Crippen LogP contribution is -2.46. The predicted octanol–water partition coefficient (Wildman–Crippen LogP) is 2.20. The zero-order valence-corrected chi connectivity index (χ0v) is 15.3. The number of sulfonamides is 1. The molecule has 0 unspecified atom stereocenters. The van der Waals surface area contributed by atoms with E-state index in [2.05, 4.69) is 10.8 Å². The van der Waals surface area contributed by atoms with Gasteiger partial charge in [-0.3, -0.25) is 0 Å². The summed E-state index contributed by atoms with van der Waals surface area (Å²) in [6.07, 6.45) is 1.73. The Morgan fingerprint density at radius 1 is 1.20 bits per heavy atom. The first kappa shape index (κ1) is 17.9. The molecule has 2 N–H and O–H groups in total. The van der Waals surface area contributed by atoms with E-state index >= 15 is 0 Å². The van der Waals surface area contributed by atoms with Crippen LogP contribution in [0.4, 0.5) is 0 Å². The zero-order valence-electron chi connectivity index (χ0n) is 14.5. The van der Waals surface area contributed by atoms with Crippen LogP contribution in [-0.2, 0) is 22.9 Å². The Morgan fingerprint density at radius 2 is 1.92 bits per heavy atom. The molecule has 2 aromatic rings. The summed E-state index contributed by atoms with van der Waals surface area (Å²) >= 11 is 0. The van der Waals surface area contributed by atoms with Crippen molar-refractivity contribution in [3.05, 3.63) is 59.2 Å². The average molecular weight is 361 g/mol. The van der Waals surface area contributed by atoms with Crippen molar-refractivity contribution in [2.75, 3.05) is 13.7 Å². The number of benzene rings is 2. The first-order chi connectivity index (χ1) is 11.8. The van der Waals surface area contributed by atoms with Gasteiger partial charge in [0.2, 0.25) is 10.0 Å². The SMILES string of the molecule is COc1ccc(S(=O)(=O)NC[C@@]2(O)CCc3ccccc3C2)c(C)c1. The van der Waals surface area contributed by atoms with Gasteiger partial charge in [0.05, 0.1) is 17.6 Å². The summed E-state index contributed by atoms with van der Waals surface area (Å²) in [4.78, 5) is 0.202. The van der Waals surface area contributed by atoms with Crippen molar-refractivity contribution in [2.24, 2.45) is 0 Å². The Hall–Kier alpha value is -1.89. The molecule has 0 heterocycles. The molecule has 0 aliphatic heterocycles. The summed E-state index contributed by atoms with van der Waals surface area (Å²) in [5.74, 6) is 0.610. The van der Waals surface area contributed by atoms with E-state index in [0.717, 1.165) is 12.0 Å². The van der Waals surface area contributed by atoms with E-state index in [4.69, 9.17) is 4.74 Å². The summed E-state index contributed by atoms with van der Waals surface area (Å²) in [5, 5.41) is 10.8. The summed E-state index contributed by atoms with van der Waals surface area (Å²) in [7, 11) is -2.16. The number of nitrogens with one attached hydrogen (secondary N) is 1. The molecular formula is C19H23NO4S. The minimum Gasteiger partial charge on any atom is -0.497 e. The lowest BCUT2D eigenvalue weighted by Gasteiger charge is -2.33. The largest absolute Gasteiger partial charge is 0.497 e. The minimum atomic E-state index is -3.70. The van der Waals surface area contributed by atoms with Gasteiger partial charge in [0, 0.05) is 13.0 Å². The number of aliphatic hydroxyl groups is 1. The van der Waals surface area contributed by atoms with Crippen LogP contribution in [0.15, 0.2) is 47.4 Å². The Morgan fingerprint density at radius 3 is 2.60 bits per heavy atom. The van der Waals surface area contributed by atoms with Crippen molar-refractivity contribution in [3.8, 4) is 5.75 Å². The van der Waals surface area contributed by atoms with E-state index in [1.54, 1.807) is 19.1 Å². The molecule has 5 nitrogen and oxygen atoms in total. The molecule has 0 radical (unpaired) electrons. The first-order valence-corrected chi connectivity index (χ1v) is 9.75. The molecule has 1 atom stereocenters. The van der Waals surface area contributed by atoms with E-state index in [0.29, 0.717) is 24.2 Å². The predicted molar refractivity (Wildman–Crippen MR) is 96.3 cm³/mol. The molecule has 0 bridgehead atoms. The van der Waals surface area contributed by atoms with Crippen molar-refractivity contribution >= 4 is 10.0 Å². The molecular weight excluding hydrogens is 338 g/mol. The van der Waals surface area contributed by atoms with Crippen LogP contribution >= 0.6 is 0 Å². The summed E-state index contributed by atoms with van der Waals surface area (Å²) in [5.41, 5.74) is 1.84. The van der Waals surface area contributed by atoms with Crippen molar-refractivity contribution in [3.63, 3.8) is 0 Å². The van der Waals surface area contributed by atoms with Crippen LogP contribution in [0.2, 0.25) is 0 Å². The quantitative estimate of drug-likeness (QED) is 0.856. The second-order valence-electron chi connectivity index (χ2n) is 6.63. The lowest BCUT2D eigenvalue weighted by atomic mass is 9.80. The van der Waals surface area contributed by atoms with Gasteiger partial charge in [-0.1, -0.05) is 24.3 Å². The fraction of sp³-hybridized carbons (Fsp3) is 0.368. The number of hydrogen-bond acceptors (Lipinski definition) is 4. The average Bonchev–Trinajstić information content (AvgIpc) is 2.60. The molecule has 1 aliphatic carbocycles. The monoisotopic (exact) mass is 361 g/mol. The Bertz CT molecular complexity index is 879. The van der Waals surface area contributed by atoms with Crippen LogP contribution < -0.4 is 9.46 Å². The van der Waals surface area contributed by atoms with E-state index in [1.165, 1.54) is 18.7 Å². The standard InChI is InChI=1S/C19H23NO4S/c1-14-11-17(24-2)7-8-18(14)25(22,23)20-13-19(21)10-9-15-5-3-4-6-16(15)12-19/h3-8,11,20-21H,9-10,12-13H2,1-2H3/t19-/m1/s1. The topological polar surface area (TPSA) is 75.6 Å². The molecule has 0 saturated carbocycles. The van der Waals surface area contributed by atoms with E-state index in [9.17, 15) is 13.5 Å². The molecule has 0 fully saturated rings. The van der Waals surface area contributed by atoms with Gasteiger partial charge in [-0.15, -0.1) is 0 Å². The van der Waals surface area contributed by atoms with Crippen LogP contribution in [0.25, 0.3) is 0 Å². The summed E-state index contributed by atoms with van der Waals surface area (Å²) < 4.78 is 32.9. The number of hydrogen-bond donors (Lipinski definition) is 2. The van der Waals surface area contributed by atoms with Gasteiger partial charge < -0.3 is 9.84 Å². The highest BCUT2D eigenvalue weighted by Crippen LogP contribution is 2.29. The van der Waals surface area contributed by atoms with Crippen LogP contribution in [-0.4, -0.2) is 32.8 Å². The highest BCUT2D eigenvalue weighted by atomic mass is 32.2. The molecule has 0 spiro atoms. The molecule has 0 amide bonds. The molecule has 6 heteroatoms. The third-order valence-electron chi connectivity index (χ3n) is 4.76. The normalized spacial score (nSPS) is 20.1. The van der Waals surface area contributed by atoms with Gasteiger partial charge in [0.15, 0.2) is 0 Å². The van der Waals surface area contributed by atoms with Gasteiger partial charge >= 0.3 is 0 Å². The fourth-order valence-electron chi connectivity index (χ4n) is 3.29. The van der Waals surface area contributed by atoms with Crippen LogP contribution in [0.5, 0.6) is 5.75 Å². The van der Waals surface area contributed by atoms with Crippen LogP contribution in [0, 0.1) is 6.92 Å². The van der Waals surface area contributed by atoms with Crippen molar-refractivity contribution in [1.29, 1.82) is 0 Å². The Labute approximate surface area is 148 Å².